The summed E-state index contributed by atoms with van der Waals surface area (Å²) in [5.41, 5.74) is 1.63. The van der Waals surface area contributed by atoms with Crippen molar-refractivity contribution >= 4 is 18.4 Å². The van der Waals surface area contributed by atoms with Gasteiger partial charge in [-0.25, -0.2) is 4.79 Å². The van der Waals surface area contributed by atoms with Gasteiger partial charge >= 0.3 is 5.97 Å². The molecule has 0 saturated carbocycles. The lowest BCUT2D eigenvalue weighted by Gasteiger charge is -2.36. The van der Waals surface area contributed by atoms with Gasteiger partial charge in [0.2, 0.25) is 0 Å². The summed E-state index contributed by atoms with van der Waals surface area (Å²) in [6, 6.07) is 10.0. The summed E-state index contributed by atoms with van der Waals surface area (Å²) in [7, 11) is 3.07. The molecule has 1 atom stereocenters. The van der Waals surface area contributed by atoms with E-state index >= 15 is 0 Å². The average Bonchev–Trinajstić information content (AvgIpc) is 3.01. The Morgan fingerprint density at radius 1 is 1.35 bits per heavy atom. The van der Waals surface area contributed by atoms with Gasteiger partial charge in [0.05, 0.1) is 26.8 Å². The normalized spacial score (nSPS) is 17.4. The van der Waals surface area contributed by atoms with E-state index in [1.807, 2.05) is 18.2 Å². The Kier molecular flexibility index (Phi) is 7.08. The van der Waals surface area contributed by atoms with Crippen LogP contribution in [0.15, 0.2) is 34.7 Å². The number of piperazine rings is 1. The first-order valence-corrected chi connectivity index (χ1v) is 8.39. The summed E-state index contributed by atoms with van der Waals surface area (Å²) >= 11 is 0. The summed E-state index contributed by atoms with van der Waals surface area (Å²) in [6.07, 6.45) is 0. The predicted molar refractivity (Wildman–Crippen MR) is 101 cm³/mol. The van der Waals surface area contributed by atoms with Gasteiger partial charge in [0.25, 0.3) is 0 Å². The SMILES string of the molecule is COC(=O)c1cc(CN2CCNCC2c2ccccc2OC)oc1C.Cl. The molecular weight excluding hydrogens is 356 g/mol. The van der Waals surface area contributed by atoms with Gasteiger partial charge < -0.3 is 19.2 Å². The molecule has 1 aliphatic heterocycles. The Bertz CT molecular complexity index is 747. The van der Waals surface area contributed by atoms with Crippen molar-refractivity contribution < 1.29 is 18.7 Å². The summed E-state index contributed by atoms with van der Waals surface area (Å²) < 4.78 is 16.1. The molecule has 142 valence electrons. The molecule has 2 heterocycles. The zero-order chi connectivity index (χ0) is 17.8. The van der Waals surface area contributed by atoms with Gasteiger partial charge in [0, 0.05) is 25.2 Å². The number of carbonyl (C=O) groups is 1. The monoisotopic (exact) mass is 380 g/mol. The van der Waals surface area contributed by atoms with Crippen molar-refractivity contribution in [2.75, 3.05) is 33.9 Å². The van der Waals surface area contributed by atoms with Gasteiger partial charge in [-0.15, -0.1) is 12.4 Å². The minimum Gasteiger partial charge on any atom is -0.496 e. The molecule has 0 aliphatic carbocycles. The zero-order valence-electron chi connectivity index (χ0n) is 15.3. The number of benzene rings is 1. The van der Waals surface area contributed by atoms with Gasteiger partial charge in [-0.3, -0.25) is 4.90 Å². The maximum absolute atomic E-state index is 11.8. The number of aryl methyl sites for hydroxylation is 1. The third-order valence-corrected chi connectivity index (χ3v) is 4.59. The minimum atomic E-state index is -0.367. The van der Waals surface area contributed by atoms with E-state index in [1.54, 1.807) is 20.1 Å². The second-order valence-electron chi connectivity index (χ2n) is 6.11. The van der Waals surface area contributed by atoms with E-state index in [0.29, 0.717) is 17.9 Å². The van der Waals surface area contributed by atoms with Crippen molar-refractivity contribution in [2.24, 2.45) is 0 Å². The van der Waals surface area contributed by atoms with Crippen LogP contribution in [0.3, 0.4) is 0 Å². The van der Waals surface area contributed by atoms with Crippen LogP contribution < -0.4 is 10.1 Å². The van der Waals surface area contributed by atoms with Gasteiger partial charge in [-0.2, -0.15) is 0 Å². The summed E-state index contributed by atoms with van der Waals surface area (Å²) in [6.45, 7) is 5.04. The molecule has 3 rings (SSSR count). The number of carbonyl (C=O) groups excluding carboxylic acids is 1. The van der Waals surface area contributed by atoms with Gasteiger partial charge in [0.15, 0.2) is 0 Å². The van der Waals surface area contributed by atoms with Crippen molar-refractivity contribution in [3.05, 3.63) is 53.0 Å². The summed E-state index contributed by atoms with van der Waals surface area (Å²) in [5.74, 6) is 1.87. The largest absolute Gasteiger partial charge is 0.496 e. The smallest absolute Gasteiger partial charge is 0.341 e. The van der Waals surface area contributed by atoms with E-state index < -0.39 is 0 Å². The molecule has 6 nitrogen and oxygen atoms in total. The second kappa shape index (κ2) is 9.07. The Morgan fingerprint density at radius 2 is 2.12 bits per heavy atom. The molecule has 1 unspecified atom stereocenters. The van der Waals surface area contributed by atoms with E-state index in [2.05, 4.69) is 16.3 Å². The Labute approximate surface area is 159 Å². The number of ether oxygens (including phenoxy) is 2. The first-order chi connectivity index (χ1) is 12.1. The van der Waals surface area contributed by atoms with Gasteiger partial charge in [-0.1, -0.05) is 18.2 Å². The topological polar surface area (TPSA) is 63.9 Å². The van der Waals surface area contributed by atoms with E-state index in [9.17, 15) is 4.79 Å². The predicted octanol–water partition coefficient (Wildman–Crippen LogP) is 2.95. The van der Waals surface area contributed by atoms with Crippen LogP contribution in [0, 0.1) is 6.92 Å². The van der Waals surface area contributed by atoms with E-state index in [4.69, 9.17) is 13.9 Å². The van der Waals surface area contributed by atoms with Crippen molar-refractivity contribution in [1.29, 1.82) is 0 Å². The number of hydrogen-bond donors (Lipinski definition) is 1. The second-order valence-corrected chi connectivity index (χ2v) is 6.11. The molecule has 0 radical (unpaired) electrons. The minimum absolute atomic E-state index is 0. The number of para-hydroxylation sites is 1. The van der Waals surface area contributed by atoms with Gasteiger partial charge in [0.1, 0.15) is 22.8 Å². The third-order valence-electron chi connectivity index (χ3n) is 4.59. The molecular formula is C19H25ClN2O4. The van der Waals surface area contributed by atoms with Crippen LogP contribution in [-0.2, 0) is 11.3 Å². The summed E-state index contributed by atoms with van der Waals surface area (Å²) in [4.78, 5) is 14.1. The molecule has 1 N–H and O–H groups in total. The highest BCUT2D eigenvalue weighted by Gasteiger charge is 2.27. The highest BCUT2D eigenvalue weighted by molar-refractivity contribution is 5.90. The number of halogens is 1. The lowest BCUT2D eigenvalue weighted by atomic mass is 10.0. The zero-order valence-corrected chi connectivity index (χ0v) is 16.1. The molecule has 1 saturated heterocycles. The van der Waals surface area contributed by atoms with Crippen LogP contribution in [0.25, 0.3) is 0 Å². The van der Waals surface area contributed by atoms with Crippen LogP contribution in [0.2, 0.25) is 0 Å². The quantitative estimate of drug-likeness (QED) is 0.804. The molecule has 1 aromatic carbocycles. The standard InChI is InChI=1S/C19H24N2O4.ClH/c1-13-16(19(22)24-3)10-14(25-13)12-21-9-8-20-11-17(21)15-6-4-5-7-18(15)23-2;/h4-7,10,17,20H,8-9,11-12H2,1-3H3;1H. The first-order valence-electron chi connectivity index (χ1n) is 8.39. The molecule has 26 heavy (non-hydrogen) atoms. The molecule has 0 bridgehead atoms. The molecule has 7 heteroatoms. The Balaban J connectivity index is 0.00000243. The van der Waals surface area contributed by atoms with Gasteiger partial charge in [-0.05, 0) is 19.1 Å². The van der Waals surface area contributed by atoms with Crippen LogP contribution in [-0.4, -0.2) is 44.7 Å². The number of esters is 1. The van der Waals surface area contributed by atoms with Crippen molar-refractivity contribution in [3.63, 3.8) is 0 Å². The lowest BCUT2D eigenvalue weighted by molar-refractivity contribution is 0.0599. The van der Waals surface area contributed by atoms with Crippen molar-refractivity contribution in [2.45, 2.75) is 19.5 Å². The number of methoxy groups -OCH3 is 2. The highest BCUT2D eigenvalue weighted by Crippen LogP contribution is 2.31. The van der Waals surface area contributed by atoms with Crippen LogP contribution in [0.5, 0.6) is 5.75 Å². The van der Waals surface area contributed by atoms with E-state index in [-0.39, 0.29) is 24.4 Å². The average molecular weight is 381 g/mol. The molecule has 1 fully saturated rings. The maximum atomic E-state index is 11.8. The first kappa shape index (κ1) is 20.3. The van der Waals surface area contributed by atoms with E-state index in [0.717, 1.165) is 36.7 Å². The lowest BCUT2D eigenvalue weighted by Crippen LogP contribution is -2.45. The molecule has 1 aliphatic rings. The van der Waals surface area contributed by atoms with Crippen LogP contribution in [0.4, 0.5) is 0 Å². The van der Waals surface area contributed by atoms with Crippen molar-refractivity contribution in [3.8, 4) is 5.75 Å². The molecule has 1 aromatic heterocycles. The number of nitrogens with one attached hydrogen (secondary N) is 1. The maximum Gasteiger partial charge on any atom is 0.341 e. The molecule has 0 spiro atoms. The van der Waals surface area contributed by atoms with Crippen LogP contribution in [0.1, 0.15) is 33.5 Å². The fourth-order valence-corrected chi connectivity index (χ4v) is 3.32. The Hall–Kier alpha value is -2.02. The highest BCUT2D eigenvalue weighted by atomic mass is 35.5. The Morgan fingerprint density at radius 3 is 2.85 bits per heavy atom. The molecule has 2 aromatic rings. The summed E-state index contributed by atoms with van der Waals surface area (Å²) in [5, 5.41) is 3.44. The number of rotatable bonds is 5. The van der Waals surface area contributed by atoms with Crippen LogP contribution >= 0.6 is 12.4 Å². The number of nitrogens with zero attached hydrogens (tertiary/aromatic N) is 1. The fraction of sp³-hybridized carbons (Fsp3) is 0.421. The third kappa shape index (κ3) is 4.20. The number of hydrogen-bond acceptors (Lipinski definition) is 6. The van der Waals surface area contributed by atoms with E-state index in [1.165, 1.54) is 7.11 Å². The fourth-order valence-electron chi connectivity index (χ4n) is 3.32. The number of furan rings is 1. The molecule has 0 amide bonds. The van der Waals surface area contributed by atoms with Crippen molar-refractivity contribution in [1.82, 2.24) is 10.2 Å².